The highest BCUT2D eigenvalue weighted by Crippen LogP contribution is 2.29. The van der Waals surface area contributed by atoms with E-state index in [9.17, 15) is 0 Å². The topological polar surface area (TPSA) is 43.3 Å². The second kappa shape index (κ2) is 5.51. The number of hydrogen-bond donors (Lipinski definition) is 1. The number of hydrogen-bond acceptors (Lipinski definition) is 2. The number of fused-ring (bicyclic) bond motifs is 1. The maximum absolute atomic E-state index is 6.27. The summed E-state index contributed by atoms with van der Waals surface area (Å²) in [5.41, 5.74) is 12.3. The quantitative estimate of drug-likeness (QED) is 0.800. The van der Waals surface area contributed by atoms with Gasteiger partial charge in [-0.1, -0.05) is 23.7 Å². The number of aromatic nitrogens is 2. The second-order valence-electron chi connectivity index (χ2n) is 5.29. The predicted octanol–water partition coefficient (Wildman–Crippen LogP) is 3.77. The van der Waals surface area contributed by atoms with E-state index in [1.165, 1.54) is 11.1 Å². The number of nitrogens with zero attached hydrogens (tertiary/aromatic N) is 2. The van der Waals surface area contributed by atoms with Gasteiger partial charge in [-0.15, -0.1) is 0 Å². The first-order chi connectivity index (χ1) is 10.1. The van der Waals surface area contributed by atoms with Gasteiger partial charge >= 0.3 is 0 Å². The van der Waals surface area contributed by atoms with Crippen molar-refractivity contribution in [3.63, 3.8) is 0 Å². The SMILES string of the molecule is Cc1ccc(-c2c(CCN)nc3c(Cl)cccn23)cc1C. The van der Waals surface area contributed by atoms with Crippen molar-refractivity contribution in [2.45, 2.75) is 20.3 Å². The third-order valence-corrected chi connectivity index (χ3v) is 4.13. The molecule has 0 atom stereocenters. The Morgan fingerprint density at radius 2 is 2.00 bits per heavy atom. The lowest BCUT2D eigenvalue weighted by molar-refractivity contribution is 0.939. The van der Waals surface area contributed by atoms with E-state index < -0.39 is 0 Å². The number of benzene rings is 1. The van der Waals surface area contributed by atoms with E-state index in [0.29, 0.717) is 11.6 Å². The summed E-state index contributed by atoms with van der Waals surface area (Å²) in [6, 6.07) is 10.3. The minimum absolute atomic E-state index is 0.569. The molecular weight excluding hydrogens is 282 g/mol. The Morgan fingerprint density at radius 1 is 1.19 bits per heavy atom. The molecule has 3 rings (SSSR count). The van der Waals surface area contributed by atoms with E-state index in [1.807, 2.05) is 18.3 Å². The molecule has 0 spiro atoms. The van der Waals surface area contributed by atoms with Gasteiger partial charge < -0.3 is 5.73 Å². The standard InChI is InChI=1S/C17H18ClN3/c1-11-5-6-13(10-12(11)2)16-15(7-8-19)20-17-14(18)4-3-9-21(16)17/h3-6,9-10H,7-8,19H2,1-2H3. The van der Waals surface area contributed by atoms with Crippen LogP contribution >= 0.6 is 11.6 Å². The highest BCUT2D eigenvalue weighted by Gasteiger charge is 2.15. The van der Waals surface area contributed by atoms with Crippen LogP contribution in [-0.2, 0) is 6.42 Å². The lowest BCUT2D eigenvalue weighted by Crippen LogP contribution is -2.04. The van der Waals surface area contributed by atoms with E-state index >= 15 is 0 Å². The molecular formula is C17H18ClN3. The summed E-state index contributed by atoms with van der Waals surface area (Å²) in [6.45, 7) is 4.81. The van der Waals surface area contributed by atoms with Crippen molar-refractivity contribution in [2.75, 3.05) is 6.54 Å². The van der Waals surface area contributed by atoms with Crippen LogP contribution in [0.15, 0.2) is 36.5 Å². The maximum Gasteiger partial charge on any atom is 0.156 e. The van der Waals surface area contributed by atoms with Gasteiger partial charge in [-0.3, -0.25) is 4.40 Å². The van der Waals surface area contributed by atoms with E-state index in [2.05, 4.69) is 41.4 Å². The Labute approximate surface area is 129 Å². The predicted molar refractivity (Wildman–Crippen MR) is 87.9 cm³/mol. The molecule has 3 nitrogen and oxygen atoms in total. The first-order valence-electron chi connectivity index (χ1n) is 7.05. The molecule has 0 aliphatic carbocycles. The Kier molecular flexibility index (Phi) is 3.70. The summed E-state index contributed by atoms with van der Waals surface area (Å²) >= 11 is 6.27. The Balaban J connectivity index is 2.30. The van der Waals surface area contributed by atoms with Crippen LogP contribution in [0.2, 0.25) is 5.02 Å². The number of rotatable bonds is 3. The van der Waals surface area contributed by atoms with Gasteiger partial charge in [0.1, 0.15) is 0 Å². The molecule has 3 aromatic rings. The summed E-state index contributed by atoms with van der Waals surface area (Å²) in [7, 11) is 0. The molecule has 21 heavy (non-hydrogen) atoms. The smallest absolute Gasteiger partial charge is 0.156 e. The van der Waals surface area contributed by atoms with Crippen LogP contribution in [0.1, 0.15) is 16.8 Å². The average molecular weight is 300 g/mol. The molecule has 0 unspecified atom stereocenters. The third kappa shape index (κ3) is 2.43. The molecule has 1 aromatic carbocycles. The van der Waals surface area contributed by atoms with E-state index in [4.69, 9.17) is 17.3 Å². The van der Waals surface area contributed by atoms with Crippen molar-refractivity contribution in [1.29, 1.82) is 0 Å². The van der Waals surface area contributed by atoms with Crippen molar-refractivity contribution < 1.29 is 0 Å². The van der Waals surface area contributed by atoms with E-state index in [-0.39, 0.29) is 0 Å². The van der Waals surface area contributed by atoms with Crippen molar-refractivity contribution in [3.05, 3.63) is 58.4 Å². The Morgan fingerprint density at radius 3 is 2.71 bits per heavy atom. The highest BCUT2D eigenvalue weighted by atomic mass is 35.5. The largest absolute Gasteiger partial charge is 0.330 e. The number of halogens is 1. The second-order valence-corrected chi connectivity index (χ2v) is 5.70. The van der Waals surface area contributed by atoms with Gasteiger partial charge in [-0.05, 0) is 49.7 Å². The van der Waals surface area contributed by atoms with Crippen LogP contribution in [0.4, 0.5) is 0 Å². The Hall–Kier alpha value is -1.84. The molecule has 108 valence electrons. The summed E-state index contributed by atoms with van der Waals surface area (Å²) < 4.78 is 2.05. The molecule has 0 fully saturated rings. The van der Waals surface area contributed by atoms with Crippen molar-refractivity contribution >= 4 is 17.2 Å². The van der Waals surface area contributed by atoms with Gasteiger partial charge in [0.2, 0.25) is 0 Å². The van der Waals surface area contributed by atoms with Crippen LogP contribution in [-0.4, -0.2) is 15.9 Å². The molecule has 0 bridgehead atoms. The number of nitrogens with two attached hydrogens (primary N) is 1. The van der Waals surface area contributed by atoms with Crippen molar-refractivity contribution in [2.24, 2.45) is 5.73 Å². The zero-order chi connectivity index (χ0) is 15.0. The summed E-state index contributed by atoms with van der Waals surface area (Å²) in [5, 5.41) is 0.658. The molecule has 0 aliphatic heterocycles. The molecule has 0 saturated heterocycles. The molecule has 0 amide bonds. The molecule has 0 aliphatic rings. The highest BCUT2D eigenvalue weighted by molar-refractivity contribution is 6.33. The summed E-state index contributed by atoms with van der Waals surface area (Å²) in [6.07, 6.45) is 2.74. The van der Waals surface area contributed by atoms with Gasteiger partial charge in [-0.25, -0.2) is 4.98 Å². The van der Waals surface area contributed by atoms with Crippen LogP contribution < -0.4 is 5.73 Å². The number of aryl methyl sites for hydroxylation is 2. The third-order valence-electron chi connectivity index (χ3n) is 3.84. The van der Waals surface area contributed by atoms with Crippen LogP contribution in [0.3, 0.4) is 0 Å². The van der Waals surface area contributed by atoms with Gasteiger partial charge in [0, 0.05) is 18.2 Å². The lowest BCUT2D eigenvalue weighted by Gasteiger charge is -2.08. The van der Waals surface area contributed by atoms with Crippen LogP contribution in [0.25, 0.3) is 16.9 Å². The number of imidazole rings is 1. The number of pyridine rings is 1. The normalized spacial score (nSPS) is 11.2. The van der Waals surface area contributed by atoms with Gasteiger partial charge in [0.05, 0.1) is 16.4 Å². The first kappa shape index (κ1) is 14.1. The van der Waals surface area contributed by atoms with E-state index in [0.717, 1.165) is 29.0 Å². The fourth-order valence-electron chi connectivity index (χ4n) is 2.59. The maximum atomic E-state index is 6.27. The van der Waals surface area contributed by atoms with Crippen molar-refractivity contribution in [3.8, 4) is 11.3 Å². The molecule has 4 heteroatoms. The summed E-state index contributed by atoms with van der Waals surface area (Å²) in [4.78, 5) is 4.68. The minimum atomic E-state index is 0.569. The monoisotopic (exact) mass is 299 g/mol. The fourth-order valence-corrected chi connectivity index (χ4v) is 2.79. The minimum Gasteiger partial charge on any atom is -0.330 e. The zero-order valence-electron chi connectivity index (χ0n) is 12.2. The first-order valence-corrected chi connectivity index (χ1v) is 7.42. The van der Waals surface area contributed by atoms with E-state index in [1.54, 1.807) is 0 Å². The zero-order valence-corrected chi connectivity index (χ0v) is 13.0. The Bertz CT molecular complexity index is 805. The van der Waals surface area contributed by atoms with Crippen LogP contribution in [0, 0.1) is 13.8 Å². The van der Waals surface area contributed by atoms with Gasteiger partial charge in [-0.2, -0.15) is 0 Å². The lowest BCUT2D eigenvalue weighted by atomic mass is 10.0. The summed E-state index contributed by atoms with van der Waals surface area (Å²) in [5.74, 6) is 0. The molecule has 2 N–H and O–H groups in total. The molecule has 0 saturated carbocycles. The van der Waals surface area contributed by atoms with Crippen molar-refractivity contribution in [1.82, 2.24) is 9.38 Å². The molecule has 2 aromatic heterocycles. The average Bonchev–Trinajstić information content (AvgIpc) is 2.82. The molecule has 0 radical (unpaired) electrons. The van der Waals surface area contributed by atoms with Gasteiger partial charge in [0.25, 0.3) is 0 Å². The van der Waals surface area contributed by atoms with Crippen LogP contribution in [0.5, 0.6) is 0 Å². The van der Waals surface area contributed by atoms with Gasteiger partial charge in [0.15, 0.2) is 5.65 Å². The fraction of sp³-hybridized carbons (Fsp3) is 0.235. The molecule has 2 heterocycles.